The van der Waals surface area contributed by atoms with E-state index < -0.39 is 0 Å². The minimum atomic E-state index is 0.447. The number of rotatable bonds is 0. The molecule has 0 aliphatic heterocycles. The first-order chi connectivity index (χ1) is 6.29. The lowest BCUT2D eigenvalue weighted by atomic mass is 10.1. The van der Waals surface area contributed by atoms with Crippen molar-refractivity contribution < 1.29 is 0 Å². The van der Waals surface area contributed by atoms with Gasteiger partial charge in [-0.2, -0.15) is 5.26 Å². The van der Waals surface area contributed by atoms with Crippen LogP contribution in [0.5, 0.6) is 0 Å². The summed E-state index contributed by atoms with van der Waals surface area (Å²) in [5.41, 5.74) is 0.634. The van der Waals surface area contributed by atoms with Crippen LogP contribution in [0, 0.1) is 11.3 Å². The normalized spacial score (nSPS) is 9.85. The molecule has 1 aromatic carbocycles. The Morgan fingerprint density at radius 3 is 2.85 bits per heavy atom. The lowest BCUT2D eigenvalue weighted by Crippen LogP contribution is -1.79. The molecule has 0 aliphatic rings. The number of pyridine rings is 1. The van der Waals surface area contributed by atoms with Crippen molar-refractivity contribution in [3.63, 3.8) is 0 Å². The summed E-state index contributed by atoms with van der Waals surface area (Å²) in [6.07, 6.45) is 1.69. The van der Waals surface area contributed by atoms with Crippen molar-refractivity contribution in [1.29, 1.82) is 5.26 Å². The number of fused-ring (bicyclic) bond motifs is 1. The Morgan fingerprint density at radius 2 is 2.08 bits per heavy atom. The zero-order valence-electron chi connectivity index (χ0n) is 6.66. The number of nitrogens with zero attached hydrogens (tertiary/aromatic N) is 2. The highest BCUT2D eigenvalue weighted by Crippen LogP contribution is 2.17. The highest BCUT2D eigenvalue weighted by molar-refractivity contribution is 6.30. The minimum Gasteiger partial charge on any atom is -0.244 e. The monoisotopic (exact) mass is 188 g/mol. The molecule has 0 amide bonds. The maximum atomic E-state index is 8.67. The van der Waals surface area contributed by atoms with E-state index in [2.05, 4.69) is 11.1 Å². The Bertz CT molecular complexity index is 500. The average molecular weight is 189 g/mol. The topological polar surface area (TPSA) is 36.7 Å². The van der Waals surface area contributed by atoms with E-state index in [1.165, 1.54) is 0 Å². The van der Waals surface area contributed by atoms with E-state index in [-0.39, 0.29) is 0 Å². The number of nitriles is 1. The summed E-state index contributed by atoms with van der Waals surface area (Å²) >= 11 is 5.72. The second kappa shape index (κ2) is 3.04. The van der Waals surface area contributed by atoms with Crippen molar-refractivity contribution in [3.8, 4) is 6.07 Å². The van der Waals surface area contributed by atoms with Gasteiger partial charge in [-0.15, -0.1) is 0 Å². The lowest BCUT2D eigenvalue weighted by molar-refractivity contribution is 1.36. The van der Waals surface area contributed by atoms with E-state index in [4.69, 9.17) is 16.9 Å². The predicted molar refractivity (Wildman–Crippen MR) is 51.5 cm³/mol. The molecule has 0 bridgehead atoms. The highest BCUT2D eigenvalue weighted by atomic mass is 35.5. The van der Waals surface area contributed by atoms with Gasteiger partial charge >= 0.3 is 0 Å². The molecule has 3 heteroatoms. The number of halogens is 1. The fourth-order valence-corrected chi connectivity index (χ4v) is 1.35. The van der Waals surface area contributed by atoms with Gasteiger partial charge in [0.15, 0.2) is 0 Å². The van der Waals surface area contributed by atoms with Gasteiger partial charge in [-0.1, -0.05) is 17.7 Å². The van der Waals surface area contributed by atoms with Crippen molar-refractivity contribution in [3.05, 3.63) is 41.2 Å². The number of aromatic nitrogens is 1. The van der Waals surface area contributed by atoms with Crippen LogP contribution < -0.4 is 0 Å². The summed E-state index contributed by atoms with van der Waals surface area (Å²) in [5.74, 6) is 0. The van der Waals surface area contributed by atoms with Gasteiger partial charge in [0.2, 0.25) is 0 Å². The molecule has 1 heterocycles. The first-order valence-corrected chi connectivity index (χ1v) is 4.13. The second-order valence-corrected chi connectivity index (χ2v) is 3.07. The summed E-state index contributed by atoms with van der Waals surface area (Å²) in [4.78, 5) is 3.95. The quantitative estimate of drug-likeness (QED) is 0.596. The van der Waals surface area contributed by atoms with Gasteiger partial charge in [0.1, 0.15) is 5.15 Å². The SMILES string of the molecule is N#Cc1ccc2cnc(Cl)cc2c1. The summed E-state index contributed by atoms with van der Waals surface area (Å²) in [5, 5.41) is 11.0. The largest absolute Gasteiger partial charge is 0.244 e. The molecule has 0 fully saturated rings. The average Bonchev–Trinajstić information content (AvgIpc) is 2.16. The number of benzene rings is 1. The molecule has 0 radical (unpaired) electrons. The Kier molecular flexibility index (Phi) is 1.88. The van der Waals surface area contributed by atoms with Crippen LogP contribution in [0.15, 0.2) is 30.5 Å². The third-order valence-electron chi connectivity index (χ3n) is 1.82. The Balaban J connectivity index is 2.77. The van der Waals surface area contributed by atoms with Gasteiger partial charge in [0.05, 0.1) is 11.6 Å². The van der Waals surface area contributed by atoms with E-state index >= 15 is 0 Å². The van der Waals surface area contributed by atoms with E-state index in [0.717, 1.165) is 10.8 Å². The van der Waals surface area contributed by atoms with Crippen LogP contribution >= 0.6 is 11.6 Å². The first kappa shape index (κ1) is 8.03. The molecule has 0 spiro atoms. The van der Waals surface area contributed by atoms with Crippen LogP contribution in [-0.4, -0.2) is 4.98 Å². The van der Waals surface area contributed by atoms with Gasteiger partial charge in [-0.05, 0) is 23.6 Å². The van der Waals surface area contributed by atoms with Crippen LogP contribution in [0.3, 0.4) is 0 Å². The predicted octanol–water partition coefficient (Wildman–Crippen LogP) is 2.76. The van der Waals surface area contributed by atoms with E-state index in [9.17, 15) is 0 Å². The number of hydrogen-bond donors (Lipinski definition) is 0. The van der Waals surface area contributed by atoms with Gasteiger partial charge in [-0.3, -0.25) is 0 Å². The maximum absolute atomic E-state index is 8.67. The van der Waals surface area contributed by atoms with Crippen LogP contribution in [-0.2, 0) is 0 Å². The Morgan fingerprint density at radius 1 is 1.23 bits per heavy atom. The van der Waals surface area contributed by atoms with Crippen molar-refractivity contribution in [2.45, 2.75) is 0 Å². The van der Waals surface area contributed by atoms with Crippen molar-refractivity contribution in [2.24, 2.45) is 0 Å². The molecule has 13 heavy (non-hydrogen) atoms. The van der Waals surface area contributed by atoms with Crippen molar-refractivity contribution >= 4 is 22.4 Å². The third kappa shape index (κ3) is 1.47. The standard InChI is InChI=1S/C10H5ClN2/c11-10-4-9-3-7(5-12)1-2-8(9)6-13-10/h1-4,6H. The molecule has 0 N–H and O–H groups in total. The molecule has 0 saturated heterocycles. The molecule has 2 aromatic rings. The molecule has 2 nitrogen and oxygen atoms in total. The molecular formula is C10H5ClN2. The summed E-state index contributed by atoms with van der Waals surface area (Å²) < 4.78 is 0. The Hall–Kier alpha value is -1.59. The zero-order valence-corrected chi connectivity index (χ0v) is 7.42. The van der Waals surface area contributed by atoms with Crippen LogP contribution in [0.25, 0.3) is 10.8 Å². The molecule has 0 saturated carbocycles. The van der Waals surface area contributed by atoms with Crippen LogP contribution in [0.2, 0.25) is 5.15 Å². The summed E-state index contributed by atoms with van der Waals surface area (Å²) in [6.45, 7) is 0. The maximum Gasteiger partial charge on any atom is 0.129 e. The molecule has 62 valence electrons. The van der Waals surface area contributed by atoms with E-state index in [1.54, 1.807) is 24.4 Å². The molecule has 2 rings (SSSR count). The molecule has 1 aromatic heterocycles. The van der Waals surface area contributed by atoms with Crippen molar-refractivity contribution in [1.82, 2.24) is 4.98 Å². The van der Waals surface area contributed by atoms with Gasteiger partial charge < -0.3 is 0 Å². The fraction of sp³-hybridized carbons (Fsp3) is 0. The lowest BCUT2D eigenvalue weighted by Gasteiger charge is -1.97. The Labute approximate surface area is 80.4 Å². The van der Waals surface area contributed by atoms with Gasteiger partial charge in [0, 0.05) is 11.6 Å². The minimum absolute atomic E-state index is 0.447. The molecule has 0 unspecified atom stereocenters. The van der Waals surface area contributed by atoms with Crippen LogP contribution in [0.1, 0.15) is 5.56 Å². The van der Waals surface area contributed by atoms with Gasteiger partial charge in [0.25, 0.3) is 0 Å². The molecule has 0 atom stereocenters. The van der Waals surface area contributed by atoms with E-state index in [1.807, 2.05) is 6.07 Å². The van der Waals surface area contributed by atoms with Crippen molar-refractivity contribution in [2.75, 3.05) is 0 Å². The van der Waals surface area contributed by atoms with Crippen LogP contribution in [0.4, 0.5) is 0 Å². The number of hydrogen-bond acceptors (Lipinski definition) is 2. The highest BCUT2D eigenvalue weighted by Gasteiger charge is 1.96. The fourth-order valence-electron chi connectivity index (χ4n) is 1.18. The summed E-state index contributed by atoms with van der Waals surface area (Å²) in [7, 11) is 0. The van der Waals surface area contributed by atoms with E-state index in [0.29, 0.717) is 10.7 Å². The first-order valence-electron chi connectivity index (χ1n) is 3.75. The third-order valence-corrected chi connectivity index (χ3v) is 2.02. The van der Waals surface area contributed by atoms with Gasteiger partial charge in [-0.25, -0.2) is 4.98 Å². The zero-order chi connectivity index (χ0) is 9.26. The summed E-state index contributed by atoms with van der Waals surface area (Å²) in [6, 6.07) is 9.24. The smallest absolute Gasteiger partial charge is 0.129 e. The molecule has 0 aliphatic carbocycles. The second-order valence-electron chi connectivity index (χ2n) is 2.68. The molecular weight excluding hydrogens is 184 g/mol.